The van der Waals surface area contributed by atoms with Gasteiger partial charge in [-0.2, -0.15) is 0 Å². The normalized spacial score (nSPS) is 12.8. The Morgan fingerprint density at radius 3 is 2.66 bits per heavy atom. The van der Waals surface area contributed by atoms with Crippen LogP contribution in [0.2, 0.25) is 0 Å². The number of hydrogen-bond acceptors (Lipinski definition) is 7. The lowest BCUT2D eigenvalue weighted by Gasteiger charge is -2.19. The van der Waals surface area contributed by atoms with Gasteiger partial charge < -0.3 is 15.8 Å². The zero-order valence-electron chi connectivity index (χ0n) is 19.7. The minimum absolute atomic E-state index is 0.131. The summed E-state index contributed by atoms with van der Waals surface area (Å²) >= 11 is 0. The molecule has 1 aromatic carbocycles. The van der Waals surface area contributed by atoms with Gasteiger partial charge in [-0.15, -0.1) is 0 Å². The van der Waals surface area contributed by atoms with Crippen LogP contribution in [-0.4, -0.2) is 41.4 Å². The van der Waals surface area contributed by atoms with Gasteiger partial charge in [0, 0.05) is 60.8 Å². The Morgan fingerprint density at radius 2 is 2.00 bits per heavy atom. The van der Waals surface area contributed by atoms with Gasteiger partial charge in [-0.3, -0.25) is 4.99 Å². The van der Waals surface area contributed by atoms with Crippen molar-refractivity contribution >= 4 is 28.0 Å². The second kappa shape index (κ2) is 9.77. The van der Waals surface area contributed by atoms with Crippen LogP contribution in [0.1, 0.15) is 44.6 Å². The van der Waals surface area contributed by atoms with Crippen LogP contribution in [0.4, 0.5) is 5.82 Å². The zero-order chi connectivity index (χ0) is 23.3. The Balaban J connectivity index is 1.93. The summed E-state index contributed by atoms with van der Waals surface area (Å²) in [6.45, 7) is 9.27. The molecule has 0 fully saturated rings. The Labute approximate surface area is 189 Å². The molecule has 3 N–H and O–H groups in total. The summed E-state index contributed by atoms with van der Waals surface area (Å²) in [4.78, 5) is 18.1. The monoisotopic (exact) mass is 432 g/mol. The fourth-order valence-corrected chi connectivity index (χ4v) is 3.33. The van der Waals surface area contributed by atoms with Crippen LogP contribution in [0.3, 0.4) is 0 Å². The Hall–Kier alpha value is -3.48. The second-order valence-corrected chi connectivity index (χ2v) is 8.89. The number of rotatable bonds is 7. The number of fused-ring (bicyclic) bond motifs is 1. The van der Waals surface area contributed by atoms with Gasteiger partial charge in [0.2, 0.25) is 0 Å². The van der Waals surface area contributed by atoms with Crippen molar-refractivity contribution in [3.05, 3.63) is 59.8 Å². The van der Waals surface area contributed by atoms with E-state index in [1.165, 1.54) is 0 Å². The van der Waals surface area contributed by atoms with Crippen molar-refractivity contribution in [2.24, 2.45) is 16.1 Å². The fraction of sp³-hybridized carbons (Fsp3) is 0.360. The van der Waals surface area contributed by atoms with E-state index in [2.05, 4.69) is 41.0 Å². The van der Waals surface area contributed by atoms with Crippen LogP contribution in [0, 0.1) is 5.41 Å². The molecule has 0 spiro atoms. The molecule has 0 saturated carbocycles. The second-order valence-electron chi connectivity index (χ2n) is 8.89. The van der Waals surface area contributed by atoms with Crippen LogP contribution < -0.4 is 15.8 Å². The van der Waals surface area contributed by atoms with E-state index in [9.17, 15) is 0 Å². The average Bonchev–Trinajstić information content (AvgIpc) is 2.78. The van der Waals surface area contributed by atoms with Crippen LogP contribution >= 0.6 is 0 Å². The van der Waals surface area contributed by atoms with Gasteiger partial charge in [0.05, 0.1) is 7.11 Å². The van der Waals surface area contributed by atoms with Crippen LogP contribution in [-0.2, 0) is 6.42 Å². The molecular weight excluding hydrogens is 400 g/mol. The first-order valence-electron chi connectivity index (χ1n) is 10.6. The van der Waals surface area contributed by atoms with Gasteiger partial charge in [0.15, 0.2) is 5.82 Å². The zero-order valence-corrected chi connectivity index (χ0v) is 19.7. The molecule has 0 saturated heterocycles. The molecule has 0 unspecified atom stereocenters. The summed E-state index contributed by atoms with van der Waals surface area (Å²) in [7, 11) is 3.41. The Bertz CT molecular complexity index is 1160. The molecule has 7 heteroatoms. The topological polar surface area (TPSA) is 98.3 Å². The van der Waals surface area contributed by atoms with Crippen molar-refractivity contribution < 1.29 is 4.74 Å². The maximum atomic E-state index is 5.84. The van der Waals surface area contributed by atoms with Crippen molar-refractivity contribution in [3.63, 3.8) is 0 Å². The molecule has 0 radical (unpaired) electrons. The molecule has 0 aliphatic rings. The van der Waals surface area contributed by atoms with Gasteiger partial charge in [-0.1, -0.05) is 32.9 Å². The maximum absolute atomic E-state index is 5.84. The third-order valence-electron chi connectivity index (χ3n) is 5.17. The molecule has 7 nitrogen and oxygen atoms in total. The number of aromatic nitrogens is 3. The first kappa shape index (κ1) is 23.2. The highest BCUT2D eigenvalue weighted by Crippen LogP contribution is 2.27. The highest BCUT2D eigenvalue weighted by atomic mass is 16.5. The molecule has 0 atom stereocenters. The number of nitrogens with one attached hydrogen (secondary N) is 1. The maximum Gasteiger partial charge on any atom is 0.152 e. The SMILES string of the molecule is CN=C(C)C(=CN)c1ccc(Cc2ncc3ccnc(NCC(C)(C)C)c3n2)c(OC)c1. The van der Waals surface area contributed by atoms with Crippen molar-refractivity contribution in [1.29, 1.82) is 0 Å². The van der Waals surface area contributed by atoms with Gasteiger partial charge in [0.25, 0.3) is 0 Å². The van der Waals surface area contributed by atoms with Gasteiger partial charge in [0.1, 0.15) is 17.1 Å². The number of allylic oxidation sites excluding steroid dienone is 1. The number of hydrogen-bond donors (Lipinski definition) is 2. The third kappa shape index (κ3) is 5.41. The summed E-state index contributed by atoms with van der Waals surface area (Å²) in [5.74, 6) is 2.23. The number of ether oxygens (including phenoxy) is 1. The lowest BCUT2D eigenvalue weighted by atomic mass is 9.97. The van der Waals surface area contributed by atoms with Crippen LogP contribution in [0.5, 0.6) is 5.75 Å². The van der Waals surface area contributed by atoms with Crippen molar-refractivity contribution in [2.45, 2.75) is 34.1 Å². The molecule has 3 rings (SSSR count). The van der Waals surface area contributed by atoms with E-state index in [1.807, 2.05) is 37.4 Å². The summed E-state index contributed by atoms with van der Waals surface area (Å²) in [5.41, 5.74) is 10.5. The smallest absolute Gasteiger partial charge is 0.152 e. The molecular formula is C25H32N6O. The third-order valence-corrected chi connectivity index (χ3v) is 5.17. The van der Waals surface area contributed by atoms with Crippen molar-refractivity contribution in [3.8, 4) is 5.75 Å². The lowest BCUT2D eigenvalue weighted by molar-refractivity contribution is 0.410. The van der Waals surface area contributed by atoms with E-state index in [4.69, 9.17) is 15.5 Å². The van der Waals surface area contributed by atoms with E-state index < -0.39 is 0 Å². The molecule has 2 aromatic heterocycles. The van der Waals surface area contributed by atoms with E-state index in [1.54, 1.807) is 26.6 Å². The molecule has 0 amide bonds. The predicted octanol–water partition coefficient (Wildman–Crippen LogP) is 4.47. The van der Waals surface area contributed by atoms with Crippen molar-refractivity contribution in [1.82, 2.24) is 15.0 Å². The molecule has 2 heterocycles. The Morgan fingerprint density at radius 1 is 1.22 bits per heavy atom. The first-order chi connectivity index (χ1) is 15.3. The number of anilines is 1. The summed E-state index contributed by atoms with van der Waals surface area (Å²) in [6, 6.07) is 7.94. The molecule has 0 aliphatic carbocycles. The summed E-state index contributed by atoms with van der Waals surface area (Å²) in [5, 5.41) is 4.38. The van der Waals surface area contributed by atoms with Crippen molar-refractivity contribution in [2.75, 3.05) is 26.0 Å². The molecule has 0 bridgehead atoms. The highest BCUT2D eigenvalue weighted by molar-refractivity contribution is 6.22. The minimum atomic E-state index is 0.131. The lowest BCUT2D eigenvalue weighted by Crippen LogP contribution is -2.19. The number of aliphatic imine (C=N–C) groups is 1. The summed E-state index contributed by atoms with van der Waals surface area (Å²) in [6.07, 6.45) is 5.74. The quantitative estimate of drug-likeness (QED) is 0.535. The number of nitrogens with two attached hydrogens (primary N) is 1. The van der Waals surface area contributed by atoms with E-state index in [-0.39, 0.29) is 5.41 Å². The fourth-order valence-electron chi connectivity index (χ4n) is 3.33. The molecule has 32 heavy (non-hydrogen) atoms. The number of benzene rings is 1. The van der Waals surface area contributed by atoms with E-state index in [0.717, 1.165) is 51.4 Å². The number of methoxy groups -OCH3 is 1. The standard InChI is InChI=1S/C25H32N6O/c1-16(27-5)20(13-26)17-7-8-18(21(11-17)32-6)12-22-29-14-19-9-10-28-24(23(19)31-22)30-15-25(2,3)4/h7-11,13-14H,12,15,26H2,1-6H3,(H,28,30). The molecule has 168 valence electrons. The van der Waals surface area contributed by atoms with E-state index >= 15 is 0 Å². The highest BCUT2D eigenvalue weighted by Gasteiger charge is 2.14. The summed E-state index contributed by atoms with van der Waals surface area (Å²) < 4.78 is 5.67. The van der Waals surface area contributed by atoms with E-state index in [0.29, 0.717) is 12.2 Å². The Kier molecular flexibility index (Phi) is 7.08. The first-order valence-corrected chi connectivity index (χ1v) is 10.6. The van der Waals surface area contributed by atoms with Gasteiger partial charge in [-0.05, 0) is 30.0 Å². The molecule has 0 aliphatic heterocycles. The number of nitrogens with zero attached hydrogens (tertiary/aromatic N) is 4. The van der Waals surface area contributed by atoms with Gasteiger partial charge in [-0.25, -0.2) is 15.0 Å². The molecule has 3 aromatic rings. The van der Waals surface area contributed by atoms with Crippen LogP contribution in [0.25, 0.3) is 16.5 Å². The van der Waals surface area contributed by atoms with Crippen LogP contribution in [0.15, 0.2) is 47.9 Å². The number of pyridine rings is 1. The predicted molar refractivity (Wildman–Crippen MR) is 132 cm³/mol. The average molecular weight is 433 g/mol. The minimum Gasteiger partial charge on any atom is -0.496 e. The van der Waals surface area contributed by atoms with Gasteiger partial charge >= 0.3 is 0 Å². The largest absolute Gasteiger partial charge is 0.496 e.